The van der Waals surface area contributed by atoms with E-state index in [0.717, 1.165) is 12.3 Å². The Hall–Kier alpha value is -1.10. The molecule has 0 aromatic rings. The van der Waals surface area contributed by atoms with Gasteiger partial charge in [0.1, 0.15) is 6.54 Å². The van der Waals surface area contributed by atoms with Gasteiger partial charge in [-0.3, -0.25) is 9.59 Å². The van der Waals surface area contributed by atoms with Gasteiger partial charge in [-0.2, -0.15) is 0 Å². The minimum absolute atomic E-state index is 0.00125. The van der Waals surface area contributed by atoms with Crippen molar-refractivity contribution in [3.63, 3.8) is 0 Å². The first-order chi connectivity index (χ1) is 8.13. The van der Waals surface area contributed by atoms with Crippen molar-refractivity contribution >= 4 is 11.9 Å². The zero-order valence-corrected chi connectivity index (χ0v) is 10.1. The fourth-order valence-corrected chi connectivity index (χ4v) is 2.41. The van der Waals surface area contributed by atoms with E-state index in [2.05, 4.69) is 0 Å². The molecule has 2 atom stereocenters. The van der Waals surface area contributed by atoms with Crippen molar-refractivity contribution in [2.45, 2.75) is 19.3 Å². The van der Waals surface area contributed by atoms with Gasteiger partial charge in [0.05, 0.1) is 6.61 Å². The lowest BCUT2D eigenvalue weighted by Gasteiger charge is -2.20. The molecule has 0 spiro atoms. The van der Waals surface area contributed by atoms with Crippen LogP contribution in [0.4, 0.5) is 0 Å². The second-order valence-electron chi connectivity index (χ2n) is 4.99. The summed E-state index contributed by atoms with van der Waals surface area (Å²) in [5.41, 5.74) is 0. The molecule has 2 saturated carbocycles. The van der Waals surface area contributed by atoms with Crippen LogP contribution in [0.3, 0.4) is 0 Å². The van der Waals surface area contributed by atoms with Gasteiger partial charge in [0.25, 0.3) is 0 Å². The Kier molecular flexibility index (Phi) is 3.66. The summed E-state index contributed by atoms with van der Waals surface area (Å²) >= 11 is 0. The summed E-state index contributed by atoms with van der Waals surface area (Å²) in [7, 11) is 1.55. The maximum Gasteiger partial charge on any atom is 0.323 e. The Balaban J connectivity index is 1.85. The number of carbonyl (C=O) groups excluding carboxylic acids is 1. The van der Waals surface area contributed by atoms with Crippen molar-refractivity contribution in [3.8, 4) is 0 Å². The summed E-state index contributed by atoms with van der Waals surface area (Å²) in [5, 5.41) is 8.79. The van der Waals surface area contributed by atoms with E-state index < -0.39 is 5.97 Å². The number of nitrogens with zero attached hydrogens (tertiary/aromatic N) is 1. The normalized spacial score (nSPS) is 26.6. The number of amides is 1. The molecule has 0 heterocycles. The van der Waals surface area contributed by atoms with E-state index in [1.165, 1.54) is 17.7 Å². The number of hydrogen-bond donors (Lipinski definition) is 1. The van der Waals surface area contributed by atoms with Gasteiger partial charge in [-0.25, -0.2) is 0 Å². The molecule has 0 radical (unpaired) electrons. The van der Waals surface area contributed by atoms with E-state index in [9.17, 15) is 9.59 Å². The standard InChI is InChI=1S/C12H19NO4/c1-17-5-4-13(7-11(14)15)12(16)10-6-9(10)8-2-3-8/h8-10H,2-7H2,1H3,(H,14,15)/t9-,10+/m1/s1. The monoisotopic (exact) mass is 241 g/mol. The van der Waals surface area contributed by atoms with E-state index in [1.807, 2.05) is 0 Å². The second kappa shape index (κ2) is 5.04. The predicted octanol–water partition coefficient (Wildman–Crippen LogP) is 0.592. The van der Waals surface area contributed by atoms with Crippen molar-refractivity contribution in [1.82, 2.24) is 4.90 Å². The minimum Gasteiger partial charge on any atom is -0.480 e. The predicted molar refractivity (Wildman–Crippen MR) is 60.4 cm³/mol. The number of ether oxygens (including phenoxy) is 1. The molecule has 17 heavy (non-hydrogen) atoms. The van der Waals surface area contributed by atoms with E-state index in [1.54, 1.807) is 7.11 Å². The average Bonchev–Trinajstić information content (AvgIpc) is 3.14. The molecular weight excluding hydrogens is 222 g/mol. The third kappa shape index (κ3) is 3.19. The quantitative estimate of drug-likeness (QED) is 0.708. The van der Waals surface area contributed by atoms with Crippen molar-refractivity contribution in [3.05, 3.63) is 0 Å². The SMILES string of the molecule is COCCN(CC(=O)O)C(=O)[C@H]1C[C@@H]1C1CC1. The largest absolute Gasteiger partial charge is 0.480 e. The lowest BCUT2D eigenvalue weighted by atomic mass is 10.2. The highest BCUT2D eigenvalue weighted by atomic mass is 16.5. The lowest BCUT2D eigenvalue weighted by molar-refractivity contribution is -0.145. The van der Waals surface area contributed by atoms with Gasteiger partial charge >= 0.3 is 5.97 Å². The van der Waals surface area contributed by atoms with Gasteiger partial charge in [0.2, 0.25) is 5.91 Å². The van der Waals surface area contributed by atoms with Crippen LogP contribution in [0.25, 0.3) is 0 Å². The maximum absolute atomic E-state index is 12.1. The third-order valence-corrected chi connectivity index (χ3v) is 3.59. The molecule has 0 aromatic carbocycles. The number of rotatable bonds is 7. The molecule has 0 unspecified atom stereocenters. The topological polar surface area (TPSA) is 66.8 Å². The smallest absolute Gasteiger partial charge is 0.323 e. The lowest BCUT2D eigenvalue weighted by Crippen LogP contribution is -2.39. The van der Waals surface area contributed by atoms with Gasteiger partial charge in [-0.05, 0) is 31.1 Å². The molecule has 0 bridgehead atoms. The highest BCUT2D eigenvalue weighted by Gasteiger charge is 2.52. The number of methoxy groups -OCH3 is 1. The van der Waals surface area contributed by atoms with Crippen LogP contribution in [0.5, 0.6) is 0 Å². The summed E-state index contributed by atoms with van der Waals surface area (Å²) in [6.45, 7) is 0.547. The number of carboxylic acids is 1. The van der Waals surface area contributed by atoms with Crippen LogP contribution >= 0.6 is 0 Å². The van der Waals surface area contributed by atoms with Crippen molar-refractivity contribution in [1.29, 1.82) is 0 Å². The Labute approximate surface area is 101 Å². The highest BCUT2D eigenvalue weighted by molar-refractivity contribution is 5.85. The second-order valence-corrected chi connectivity index (χ2v) is 4.99. The maximum atomic E-state index is 12.1. The summed E-state index contributed by atoms with van der Waals surface area (Å²) in [4.78, 5) is 24.2. The van der Waals surface area contributed by atoms with Gasteiger partial charge in [-0.15, -0.1) is 0 Å². The first kappa shape index (κ1) is 12.4. The van der Waals surface area contributed by atoms with Crippen LogP contribution < -0.4 is 0 Å². The summed E-state index contributed by atoms with van der Waals surface area (Å²) < 4.78 is 4.90. The fraction of sp³-hybridized carbons (Fsp3) is 0.833. The summed E-state index contributed by atoms with van der Waals surface area (Å²) in [6, 6.07) is 0. The molecule has 5 heteroatoms. The molecule has 1 N–H and O–H groups in total. The average molecular weight is 241 g/mol. The Morgan fingerprint density at radius 2 is 2.12 bits per heavy atom. The molecule has 0 aromatic heterocycles. The third-order valence-electron chi connectivity index (χ3n) is 3.59. The van der Waals surface area contributed by atoms with Crippen LogP contribution in [0.2, 0.25) is 0 Å². The molecule has 2 aliphatic rings. The van der Waals surface area contributed by atoms with Crippen LogP contribution in [0.15, 0.2) is 0 Å². The Morgan fingerprint density at radius 1 is 1.41 bits per heavy atom. The van der Waals surface area contributed by atoms with Crippen molar-refractivity contribution in [2.24, 2.45) is 17.8 Å². The number of carbonyl (C=O) groups is 2. The zero-order chi connectivity index (χ0) is 12.4. The van der Waals surface area contributed by atoms with Crippen LogP contribution in [0, 0.1) is 17.8 Å². The summed E-state index contributed by atoms with van der Waals surface area (Å²) in [5.74, 6) is 0.387. The highest BCUT2D eigenvalue weighted by Crippen LogP contribution is 2.54. The first-order valence-electron chi connectivity index (χ1n) is 6.13. The van der Waals surface area contributed by atoms with Crippen LogP contribution in [-0.4, -0.2) is 48.7 Å². The number of carboxylic acid groups (broad SMARTS) is 1. The van der Waals surface area contributed by atoms with E-state index >= 15 is 0 Å². The van der Waals surface area contributed by atoms with E-state index in [-0.39, 0.29) is 18.4 Å². The molecule has 1 amide bonds. The van der Waals surface area contributed by atoms with Crippen molar-refractivity contribution < 1.29 is 19.4 Å². The van der Waals surface area contributed by atoms with Gasteiger partial charge in [-0.1, -0.05) is 0 Å². The van der Waals surface area contributed by atoms with Gasteiger partial charge < -0.3 is 14.7 Å². The molecule has 0 aliphatic heterocycles. The van der Waals surface area contributed by atoms with Gasteiger partial charge in [0, 0.05) is 19.6 Å². The molecule has 2 rings (SSSR count). The Bertz CT molecular complexity index is 314. The zero-order valence-electron chi connectivity index (χ0n) is 10.1. The molecule has 0 saturated heterocycles. The molecule has 96 valence electrons. The molecule has 2 aliphatic carbocycles. The summed E-state index contributed by atoms with van der Waals surface area (Å²) in [6.07, 6.45) is 3.43. The molecule has 2 fully saturated rings. The van der Waals surface area contributed by atoms with Crippen LogP contribution in [0.1, 0.15) is 19.3 Å². The fourth-order valence-electron chi connectivity index (χ4n) is 2.41. The molecular formula is C12H19NO4. The van der Waals surface area contributed by atoms with Gasteiger partial charge in [0.15, 0.2) is 0 Å². The first-order valence-corrected chi connectivity index (χ1v) is 6.13. The van der Waals surface area contributed by atoms with Crippen molar-refractivity contribution in [2.75, 3.05) is 26.8 Å². The minimum atomic E-state index is -0.960. The van der Waals surface area contributed by atoms with E-state index in [4.69, 9.17) is 9.84 Å². The van der Waals surface area contributed by atoms with E-state index in [0.29, 0.717) is 19.1 Å². The number of hydrogen-bond acceptors (Lipinski definition) is 3. The molecule has 5 nitrogen and oxygen atoms in total. The van der Waals surface area contributed by atoms with Crippen LogP contribution in [-0.2, 0) is 14.3 Å². The Morgan fingerprint density at radius 3 is 2.65 bits per heavy atom. The number of aliphatic carboxylic acids is 1.